The molecule has 1 nitrogen and oxygen atoms in total. The maximum Gasteiger partial charge on any atom is 0.126 e. The van der Waals surface area contributed by atoms with E-state index in [1.165, 1.54) is 43.4 Å². The van der Waals surface area contributed by atoms with Crippen LogP contribution in [0.1, 0.15) is 52.7 Å². The van der Waals surface area contributed by atoms with E-state index in [0.717, 1.165) is 11.4 Å². The molecule has 5 rings (SSSR count). The van der Waals surface area contributed by atoms with Crippen molar-refractivity contribution in [2.45, 2.75) is 52.4 Å². The number of rotatable bonds is 3. The largest absolute Gasteiger partial charge is 0.309 e. The fraction of sp³-hybridized carbons (Fsp3) is 0.250. The lowest BCUT2D eigenvalue weighted by atomic mass is 9.86. The molecule has 0 N–H and O–H groups in total. The van der Waals surface area contributed by atoms with Crippen LogP contribution in [0.3, 0.4) is 0 Å². The zero-order valence-corrected chi connectivity index (χ0v) is 24.2. The molecule has 37 heavy (non-hydrogen) atoms. The summed E-state index contributed by atoms with van der Waals surface area (Å²) in [7, 11) is 0. The van der Waals surface area contributed by atoms with Crippen molar-refractivity contribution in [3.8, 4) is 0 Å². The summed E-state index contributed by atoms with van der Waals surface area (Å²) in [6.45, 7) is 13.2. The van der Waals surface area contributed by atoms with Crippen molar-refractivity contribution in [1.82, 2.24) is 0 Å². The molecule has 0 atom stereocenters. The van der Waals surface area contributed by atoms with E-state index in [9.17, 15) is 4.39 Å². The first-order valence-electron chi connectivity index (χ1n) is 12.3. The first-order chi connectivity index (χ1) is 17.3. The smallest absolute Gasteiger partial charge is 0.126 e. The Hall–Kier alpha value is -2.59. The van der Waals surface area contributed by atoms with Gasteiger partial charge in [0.15, 0.2) is 0 Å². The maximum atomic E-state index is 14.6. The summed E-state index contributed by atoms with van der Waals surface area (Å²) in [5, 5.41) is 2.89. The van der Waals surface area contributed by atoms with Crippen LogP contribution in [0.15, 0.2) is 72.8 Å². The average molecular weight is 551 g/mol. The second-order valence-electron chi connectivity index (χ2n) is 11.6. The van der Waals surface area contributed by atoms with Crippen LogP contribution in [0.25, 0.3) is 20.2 Å². The number of hydrogen-bond acceptors (Lipinski definition) is 2. The standard InChI is InChI=1S/C32H30Cl2FNS/c1-31(2,3)19-7-10-22(11-8-19)36(27-17-21(35)16-26(33)30(27)34)23-12-14-29-25(18-23)24-15-20(32(4,5)6)9-13-28(24)37-29/h7-18H,1-6H3. The number of thiophene rings is 1. The third kappa shape index (κ3) is 4.97. The molecule has 1 aromatic heterocycles. The number of benzene rings is 4. The monoisotopic (exact) mass is 549 g/mol. The third-order valence-electron chi connectivity index (χ3n) is 6.78. The zero-order valence-electron chi connectivity index (χ0n) is 21.9. The SMILES string of the molecule is CC(C)(C)c1ccc(N(c2ccc3sc4ccc(C(C)(C)C)cc4c3c2)c2cc(F)cc(Cl)c2Cl)cc1. The molecule has 0 saturated heterocycles. The van der Waals surface area contributed by atoms with Crippen molar-refractivity contribution in [3.05, 3.63) is 99.8 Å². The van der Waals surface area contributed by atoms with Gasteiger partial charge in [0, 0.05) is 31.5 Å². The third-order valence-corrected chi connectivity index (χ3v) is 8.73. The predicted octanol–water partition coefficient (Wildman–Crippen LogP) is 11.6. The van der Waals surface area contributed by atoms with E-state index in [4.69, 9.17) is 23.2 Å². The van der Waals surface area contributed by atoms with Gasteiger partial charge in [0.1, 0.15) is 5.82 Å². The number of anilines is 3. The predicted molar refractivity (Wildman–Crippen MR) is 161 cm³/mol. The molecule has 0 fully saturated rings. The molecule has 5 aromatic rings. The van der Waals surface area contributed by atoms with Crippen molar-refractivity contribution >= 4 is 71.8 Å². The average Bonchev–Trinajstić information content (AvgIpc) is 3.19. The molecule has 0 aliphatic rings. The molecule has 0 radical (unpaired) electrons. The molecular weight excluding hydrogens is 520 g/mol. The minimum absolute atomic E-state index is 0.0163. The van der Waals surface area contributed by atoms with Crippen molar-refractivity contribution in [3.63, 3.8) is 0 Å². The highest BCUT2D eigenvalue weighted by molar-refractivity contribution is 7.25. The second-order valence-corrected chi connectivity index (χ2v) is 13.5. The summed E-state index contributed by atoms with van der Waals surface area (Å²) in [5.74, 6) is -0.433. The van der Waals surface area contributed by atoms with Crippen molar-refractivity contribution in [2.24, 2.45) is 0 Å². The highest BCUT2D eigenvalue weighted by Gasteiger charge is 2.22. The van der Waals surface area contributed by atoms with Crippen molar-refractivity contribution in [2.75, 3.05) is 4.90 Å². The highest BCUT2D eigenvalue weighted by atomic mass is 35.5. The van der Waals surface area contributed by atoms with Gasteiger partial charge in [0.2, 0.25) is 0 Å². The van der Waals surface area contributed by atoms with Gasteiger partial charge in [-0.2, -0.15) is 0 Å². The number of fused-ring (bicyclic) bond motifs is 3. The Morgan fingerprint density at radius 1 is 0.649 bits per heavy atom. The van der Waals surface area contributed by atoms with E-state index < -0.39 is 5.82 Å². The lowest BCUT2D eigenvalue weighted by Crippen LogP contribution is -2.13. The lowest BCUT2D eigenvalue weighted by molar-refractivity contribution is 0.590. The fourth-order valence-electron chi connectivity index (χ4n) is 4.61. The van der Waals surface area contributed by atoms with Crippen LogP contribution in [0.4, 0.5) is 21.5 Å². The Kier molecular flexibility index (Phi) is 6.55. The first kappa shape index (κ1) is 26.0. The van der Waals surface area contributed by atoms with Gasteiger partial charge in [-0.1, -0.05) is 82.9 Å². The van der Waals surface area contributed by atoms with E-state index in [-0.39, 0.29) is 15.9 Å². The highest BCUT2D eigenvalue weighted by Crippen LogP contribution is 2.45. The Labute approximate surface area is 232 Å². The molecule has 0 aliphatic heterocycles. The van der Waals surface area contributed by atoms with Gasteiger partial charge in [-0.15, -0.1) is 11.3 Å². The van der Waals surface area contributed by atoms with Gasteiger partial charge >= 0.3 is 0 Å². The minimum Gasteiger partial charge on any atom is -0.309 e. The molecule has 0 aliphatic carbocycles. The quantitative estimate of drug-likeness (QED) is 0.202. The van der Waals surface area contributed by atoms with Crippen LogP contribution in [0.5, 0.6) is 0 Å². The summed E-state index contributed by atoms with van der Waals surface area (Å²) >= 11 is 14.8. The summed E-state index contributed by atoms with van der Waals surface area (Å²) in [6, 6.07) is 24.1. The number of nitrogens with zero attached hydrogens (tertiary/aromatic N) is 1. The topological polar surface area (TPSA) is 3.24 Å². The van der Waals surface area contributed by atoms with Crippen LogP contribution in [-0.2, 0) is 10.8 Å². The number of hydrogen-bond donors (Lipinski definition) is 0. The fourth-order valence-corrected chi connectivity index (χ4v) is 6.08. The summed E-state index contributed by atoms with van der Waals surface area (Å²) in [4.78, 5) is 1.99. The molecular formula is C32H30Cl2FNS. The van der Waals surface area contributed by atoms with E-state index in [0.29, 0.717) is 10.7 Å². The molecule has 0 spiro atoms. The maximum absolute atomic E-state index is 14.6. The normalized spacial score (nSPS) is 12.5. The molecule has 190 valence electrons. The van der Waals surface area contributed by atoms with Gasteiger partial charge in [0.25, 0.3) is 0 Å². The van der Waals surface area contributed by atoms with Crippen molar-refractivity contribution < 1.29 is 4.39 Å². The van der Waals surface area contributed by atoms with E-state index in [1.54, 1.807) is 11.3 Å². The van der Waals surface area contributed by atoms with E-state index >= 15 is 0 Å². The summed E-state index contributed by atoms with van der Waals surface area (Å²) in [6.07, 6.45) is 0. The van der Waals surface area contributed by atoms with Crippen LogP contribution < -0.4 is 4.90 Å². The van der Waals surface area contributed by atoms with Crippen molar-refractivity contribution in [1.29, 1.82) is 0 Å². The Bertz CT molecular complexity index is 1620. The zero-order chi connectivity index (χ0) is 26.7. The van der Waals surface area contributed by atoms with Crippen LogP contribution in [-0.4, -0.2) is 0 Å². The molecule has 0 saturated carbocycles. The summed E-state index contributed by atoms with van der Waals surface area (Å²) in [5.41, 5.74) is 4.85. The Balaban J connectivity index is 1.75. The van der Waals surface area contributed by atoms with Gasteiger partial charge in [-0.3, -0.25) is 0 Å². The van der Waals surface area contributed by atoms with E-state index in [1.807, 2.05) is 4.90 Å². The molecule has 4 aromatic carbocycles. The minimum atomic E-state index is -0.433. The van der Waals surface area contributed by atoms with Crippen LogP contribution >= 0.6 is 34.5 Å². The lowest BCUT2D eigenvalue weighted by Gasteiger charge is -2.28. The molecule has 0 bridgehead atoms. The molecule has 0 unspecified atom stereocenters. The first-order valence-corrected chi connectivity index (χ1v) is 13.9. The molecule has 5 heteroatoms. The number of halogens is 3. The van der Waals surface area contributed by atoms with E-state index in [2.05, 4.69) is 102 Å². The van der Waals surface area contributed by atoms with Gasteiger partial charge < -0.3 is 4.90 Å². The van der Waals surface area contributed by atoms with Gasteiger partial charge in [-0.05, 0) is 76.6 Å². The summed E-state index contributed by atoms with van der Waals surface area (Å²) < 4.78 is 17.1. The Morgan fingerprint density at radius 2 is 1.19 bits per heavy atom. The van der Waals surface area contributed by atoms with Gasteiger partial charge in [0.05, 0.1) is 15.7 Å². The van der Waals surface area contributed by atoms with Crippen LogP contribution in [0, 0.1) is 5.82 Å². The molecule has 1 heterocycles. The van der Waals surface area contributed by atoms with Crippen LogP contribution in [0.2, 0.25) is 10.0 Å². The second kappa shape index (κ2) is 9.31. The molecule has 0 amide bonds. The van der Waals surface area contributed by atoms with Gasteiger partial charge in [-0.25, -0.2) is 4.39 Å². The Morgan fingerprint density at radius 3 is 1.81 bits per heavy atom.